The van der Waals surface area contributed by atoms with Crippen LogP contribution in [0.1, 0.15) is 37.1 Å². The van der Waals surface area contributed by atoms with Crippen molar-refractivity contribution in [2.75, 3.05) is 6.61 Å². The monoisotopic (exact) mass is 282 g/mol. The van der Waals surface area contributed by atoms with Crippen LogP contribution in [0.3, 0.4) is 0 Å². The van der Waals surface area contributed by atoms with Gasteiger partial charge in [0.15, 0.2) is 0 Å². The SMILES string of the molecule is C=C(C)COc1ccc(C(Cl)CCCC(=O)O)cc1. The number of hydrogen-bond acceptors (Lipinski definition) is 2. The number of benzene rings is 1. The first-order valence-corrected chi connectivity index (χ1v) is 6.65. The quantitative estimate of drug-likeness (QED) is 0.575. The first-order chi connectivity index (χ1) is 8.99. The highest BCUT2D eigenvalue weighted by Gasteiger charge is 2.09. The van der Waals surface area contributed by atoms with Gasteiger partial charge >= 0.3 is 5.97 Å². The van der Waals surface area contributed by atoms with Crippen molar-refractivity contribution in [3.05, 3.63) is 42.0 Å². The van der Waals surface area contributed by atoms with Crippen molar-refractivity contribution < 1.29 is 14.6 Å². The number of alkyl halides is 1. The third kappa shape index (κ3) is 6.30. The topological polar surface area (TPSA) is 46.5 Å². The van der Waals surface area contributed by atoms with E-state index in [2.05, 4.69) is 6.58 Å². The summed E-state index contributed by atoms with van der Waals surface area (Å²) in [5, 5.41) is 8.41. The fraction of sp³-hybridized carbons (Fsp3) is 0.400. The lowest BCUT2D eigenvalue weighted by Crippen LogP contribution is -1.99. The molecule has 0 fully saturated rings. The molecule has 1 unspecified atom stereocenters. The van der Waals surface area contributed by atoms with Gasteiger partial charge in [-0.3, -0.25) is 4.79 Å². The Morgan fingerprint density at radius 2 is 2.05 bits per heavy atom. The number of hydrogen-bond donors (Lipinski definition) is 1. The molecule has 0 aliphatic rings. The summed E-state index contributed by atoms with van der Waals surface area (Å²) in [4.78, 5) is 10.4. The number of halogens is 1. The zero-order valence-electron chi connectivity index (χ0n) is 11.1. The van der Waals surface area contributed by atoms with Gasteiger partial charge in [0.05, 0.1) is 5.38 Å². The van der Waals surface area contributed by atoms with Gasteiger partial charge in [-0.2, -0.15) is 0 Å². The van der Waals surface area contributed by atoms with Crippen LogP contribution in [0, 0.1) is 0 Å². The Morgan fingerprint density at radius 3 is 2.58 bits per heavy atom. The number of carbonyl (C=O) groups is 1. The van der Waals surface area contributed by atoms with E-state index in [4.69, 9.17) is 21.4 Å². The highest BCUT2D eigenvalue weighted by Crippen LogP contribution is 2.27. The molecular weight excluding hydrogens is 264 g/mol. The van der Waals surface area contributed by atoms with Crippen LogP contribution in [0.5, 0.6) is 5.75 Å². The number of carboxylic acids is 1. The van der Waals surface area contributed by atoms with Gasteiger partial charge in [-0.15, -0.1) is 11.6 Å². The minimum atomic E-state index is -0.785. The van der Waals surface area contributed by atoms with Crippen molar-refractivity contribution >= 4 is 17.6 Å². The molecule has 0 saturated heterocycles. The smallest absolute Gasteiger partial charge is 0.303 e. The number of ether oxygens (including phenoxy) is 1. The van der Waals surface area contributed by atoms with Crippen molar-refractivity contribution in [2.24, 2.45) is 0 Å². The molecule has 1 aromatic rings. The lowest BCUT2D eigenvalue weighted by Gasteiger charge is -2.11. The molecule has 1 atom stereocenters. The summed E-state index contributed by atoms with van der Waals surface area (Å²) in [5.74, 6) is -0.00596. The van der Waals surface area contributed by atoms with Crippen LogP contribution < -0.4 is 4.74 Å². The Labute approximate surface area is 118 Å². The van der Waals surface area contributed by atoms with E-state index >= 15 is 0 Å². The molecule has 4 heteroatoms. The van der Waals surface area contributed by atoms with Gasteiger partial charge in [-0.1, -0.05) is 18.7 Å². The molecule has 1 rings (SSSR count). The molecule has 0 radical (unpaired) electrons. The normalized spacial score (nSPS) is 11.9. The zero-order chi connectivity index (χ0) is 14.3. The molecule has 19 heavy (non-hydrogen) atoms. The molecular formula is C15H19ClO3. The third-order valence-corrected chi connectivity index (χ3v) is 3.05. The maximum absolute atomic E-state index is 10.4. The van der Waals surface area contributed by atoms with Gasteiger partial charge in [0, 0.05) is 6.42 Å². The minimum absolute atomic E-state index is 0.156. The predicted molar refractivity (Wildman–Crippen MR) is 76.8 cm³/mol. The zero-order valence-corrected chi connectivity index (χ0v) is 11.8. The Morgan fingerprint density at radius 1 is 1.42 bits per heavy atom. The predicted octanol–water partition coefficient (Wildman–Crippen LogP) is 4.18. The van der Waals surface area contributed by atoms with E-state index in [1.807, 2.05) is 31.2 Å². The fourth-order valence-corrected chi connectivity index (χ4v) is 1.88. The van der Waals surface area contributed by atoms with E-state index in [1.165, 1.54) is 0 Å². The number of carboxylic acid groups (broad SMARTS) is 1. The second-order valence-electron chi connectivity index (χ2n) is 4.57. The largest absolute Gasteiger partial charge is 0.489 e. The van der Waals surface area contributed by atoms with E-state index in [1.54, 1.807) is 0 Å². The summed E-state index contributed by atoms with van der Waals surface area (Å²) < 4.78 is 5.49. The maximum atomic E-state index is 10.4. The van der Waals surface area contributed by atoms with Crippen molar-refractivity contribution in [1.82, 2.24) is 0 Å². The molecule has 0 heterocycles. The first kappa shape index (κ1) is 15.6. The lowest BCUT2D eigenvalue weighted by atomic mass is 10.1. The molecule has 0 aliphatic heterocycles. The molecule has 1 N–H and O–H groups in total. The van der Waals surface area contributed by atoms with Crippen molar-refractivity contribution in [1.29, 1.82) is 0 Å². The third-order valence-electron chi connectivity index (χ3n) is 2.58. The molecule has 0 spiro atoms. The van der Waals surface area contributed by atoms with E-state index < -0.39 is 5.97 Å². The Kier molecular flexibility index (Phi) is 6.43. The molecule has 0 aromatic heterocycles. The van der Waals surface area contributed by atoms with Crippen molar-refractivity contribution in [3.8, 4) is 5.75 Å². The van der Waals surface area contributed by atoms with Crippen LogP contribution in [-0.4, -0.2) is 17.7 Å². The Bertz CT molecular complexity index is 426. The van der Waals surface area contributed by atoms with E-state index in [0.29, 0.717) is 19.4 Å². The second kappa shape index (κ2) is 7.85. The van der Waals surface area contributed by atoms with E-state index in [-0.39, 0.29) is 11.8 Å². The summed E-state index contributed by atoms with van der Waals surface area (Å²) in [6, 6.07) is 7.55. The minimum Gasteiger partial charge on any atom is -0.489 e. The van der Waals surface area contributed by atoms with Gasteiger partial charge < -0.3 is 9.84 Å². The summed E-state index contributed by atoms with van der Waals surface area (Å²) in [6.07, 6.45) is 1.39. The molecule has 0 saturated carbocycles. The molecule has 0 amide bonds. The fourth-order valence-electron chi connectivity index (χ4n) is 1.58. The average Bonchev–Trinajstić information content (AvgIpc) is 2.36. The summed E-state index contributed by atoms with van der Waals surface area (Å²) in [5.41, 5.74) is 1.95. The molecule has 104 valence electrons. The number of aliphatic carboxylic acids is 1. The summed E-state index contributed by atoms with van der Waals surface area (Å²) >= 11 is 6.22. The van der Waals surface area contributed by atoms with E-state index in [9.17, 15) is 4.79 Å². The number of rotatable bonds is 8. The van der Waals surface area contributed by atoms with Crippen LogP contribution in [0.15, 0.2) is 36.4 Å². The maximum Gasteiger partial charge on any atom is 0.303 e. The Balaban J connectivity index is 2.45. The van der Waals surface area contributed by atoms with Gasteiger partial charge in [-0.05, 0) is 43.0 Å². The average molecular weight is 283 g/mol. The molecule has 0 bridgehead atoms. The van der Waals surface area contributed by atoms with Crippen LogP contribution in [-0.2, 0) is 4.79 Å². The standard InChI is InChI=1S/C15H19ClO3/c1-11(2)10-19-13-8-6-12(7-9-13)14(16)4-3-5-15(17)18/h6-9,14H,1,3-5,10H2,2H3,(H,17,18). The van der Waals surface area contributed by atoms with E-state index in [0.717, 1.165) is 16.9 Å². The molecule has 1 aromatic carbocycles. The van der Waals surface area contributed by atoms with Crippen LogP contribution in [0.2, 0.25) is 0 Å². The van der Waals surface area contributed by atoms with Gasteiger partial charge in [0.25, 0.3) is 0 Å². The van der Waals surface area contributed by atoms with Crippen LogP contribution in [0.4, 0.5) is 0 Å². The highest BCUT2D eigenvalue weighted by molar-refractivity contribution is 6.20. The van der Waals surface area contributed by atoms with Crippen molar-refractivity contribution in [2.45, 2.75) is 31.6 Å². The van der Waals surface area contributed by atoms with Crippen LogP contribution in [0.25, 0.3) is 0 Å². The first-order valence-electron chi connectivity index (χ1n) is 6.22. The van der Waals surface area contributed by atoms with Crippen molar-refractivity contribution in [3.63, 3.8) is 0 Å². The molecule has 0 aliphatic carbocycles. The van der Waals surface area contributed by atoms with Gasteiger partial charge in [0.1, 0.15) is 12.4 Å². The Hall–Kier alpha value is -1.48. The summed E-state index contributed by atoms with van der Waals surface area (Å²) in [6.45, 7) is 6.18. The lowest BCUT2D eigenvalue weighted by molar-refractivity contribution is -0.137. The van der Waals surface area contributed by atoms with Crippen LogP contribution >= 0.6 is 11.6 Å². The summed E-state index contributed by atoms with van der Waals surface area (Å²) in [7, 11) is 0. The van der Waals surface area contributed by atoms with Gasteiger partial charge in [-0.25, -0.2) is 0 Å². The highest BCUT2D eigenvalue weighted by atomic mass is 35.5. The molecule has 3 nitrogen and oxygen atoms in total. The second-order valence-corrected chi connectivity index (χ2v) is 5.10. The van der Waals surface area contributed by atoms with Gasteiger partial charge in [0.2, 0.25) is 0 Å².